The molecule has 0 saturated heterocycles. The second kappa shape index (κ2) is 5.69. The number of esters is 1. The Bertz CT molecular complexity index is 556. The van der Waals surface area contributed by atoms with E-state index in [1.54, 1.807) is 6.92 Å². The summed E-state index contributed by atoms with van der Waals surface area (Å²) in [5.74, 6) is 0.781. The number of ether oxygens (including phenoxy) is 1. The first-order valence-corrected chi connectivity index (χ1v) is 6.37. The minimum absolute atomic E-state index is 0.386. The van der Waals surface area contributed by atoms with Gasteiger partial charge in [-0.15, -0.1) is 0 Å². The smallest absolute Gasteiger partial charge is 0.347 e. The summed E-state index contributed by atoms with van der Waals surface area (Å²) < 4.78 is 5.30. The van der Waals surface area contributed by atoms with Crippen LogP contribution in [0, 0.1) is 12.8 Å². The number of carbonyl (C=O) groups is 1. The van der Waals surface area contributed by atoms with Crippen molar-refractivity contribution in [3.05, 3.63) is 47.3 Å². The first-order chi connectivity index (χ1) is 9.06. The van der Waals surface area contributed by atoms with Crippen LogP contribution in [-0.2, 0) is 6.42 Å². The molecule has 0 saturated carbocycles. The van der Waals surface area contributed by atoms with Gasteiger partial charge in [0.2, 0.25) is 0 Å². The largest absolute Gasteiger partial charge is 0.423 e. The Labute approximate surface area is 112 Å². The summed E-state index contributed by atoms with van der Waals surface area (Å²) in [5, 5.41) is 6.52. The van der Waals surface area contributed by atoms with Crippen LogP contribution in [0.25, 0.3) is 0 Å². The van der Waals surface area contributed by atoms with Gasteiger partial charge in [-0.2, -0.15) is 5.10 Å². The van der Waals surface area contributed by atoms with Crippen LogP contribution in [0.2, 0.25) is 0 Å². The van der Waals surface area contributed by atoms with Gasteiger partial charge in [0.15, 0.2) is 0 Å². The van der Waals surface area contributed by atoms with Gasteiger partial charge in [-0.3, -0.25) is 5.10 Å². The Kier molecular flexibility index (Phi) is 4.00. The van der Waals surface area contributed by atoms with Gasteiger partial charge in [0, 0.05) is 5.69 Å². The summed E-state index contributed by atoms with van der Waals surface area (Å²) >= 11 is 0. The molecule has 1 N–H and O–H groups in total. The zero-order chi connectivity index (χ0) is 13.8. The second-order valence-electron chi connectivity index (χ2n) is 5.04. The fourth-order valence-corrected chi connectivity index (χ4v) is 1.88. The highest BCUT2D eigenvalue weighted by atomic mass is 16.5. The van der Waals surface area contributed by atoms with Crippen LogP contribution in [0.4, 0.5) is 0 Å². The van der Waals surface area contributed by atoms with Crippen molar-refractivity contribution in [1.82, 2.24) is 10.2 Å². The van der Waals surface area contributed by atoms with Crippen molar-refractivity contribution >= 4 is 5.97 Å². The van der Waals surface area contributed by atoms with Gasteiger partial charge in [0.1, 0.15) is 11.3 Å². The highest BCUT2D eigenvalue weighted by Crippen LogP contribution is 2.16. The number of carbonyl (C=O) groups excluding carboxylic acids is 1. The lowest BCUT2D eigenvalue weighted by molar-refractivity contribution is 0.0734. The van der Waals surface area contributed by atoms with Gasteiger partial charge in [-0.05, 0) is 37.0 Å². The average Bonchev–Trinajstić information content (AvgIpc) is 2.77. The molecule has 2 aromatic rings. The summed E-state index contributed by atoms with van der Waals surface area (Å²) in [6, 6.07) is 7.63. The molecule has 0 aliphatic heterocycles. The molecule has 0 bridgehead atoms. The van der Waals surface area contributed by atoms with E-state index in [0.29, 0.717) is 22.9 Å². The Balaban J connectivity index is 2.04. The van der Waals surface area contributed by atoms with Gasteiger partial charge in [-0.25, -0.2) is 4.79 Å². The van der Waals surface area contributed by atoms with E-state index in [1.165, 1.54) is 11.8 Å². The predicted octanol–water partition coefficient (Wildman–Crippen LogP) is 3.14. The van der Waals surface area contributed by atoms with Crippen LogP contribution in [-0.4, -0.2) is 16.2 Å². The third-order valence-corrected chi connectivity index (χ3v) is 2.83. The first-order valence-electron chi connectivity index (χ1n) is 6.37. The number of aromatic nitrogens is 2. The molecule has 1 aromatic heterocycles. The number of hydrogen-bond donors (Lipinski definition) is 1. The van der Waals surface area contributed by atoms with Crippen LogP contribution in [0.1, 0.15) is 35.5 Å². The number of benzene rings is 1. The lowest BCUT2D eigenvalue weighted by atomic mass is 10.0. The van der Waals surface area contributed by atoms with Crippen molar-refractivity contribution in [3.63, 3.8) is 0 Å². The maximum absolute atomic E-state index is 11.9. The van der Waals surface area contributed by atoms with Crippen LogP contribution in [0.5, 0.6) is 5.75 Å². The van der Waals surface area contributed by atoms with Crippen LogP contribution in [0.15, 0.2) is 30.5 Å². The van der Waals surface area contributed by atoms with Crippen molar-refractivity contribution < 1.29 is 9.53 Å². The monoisotopic (exact) mass is 258 g/mol. The van der Waals surface area contributed by atoms with Crippen LogP contribution in [0.3, 0.4) is 0 Å². The molecule has 100 valence electrons. The molecule has 1 aromatic carbocycles. The third-order valence-electron chi connectivity index (χ3n) is 2.83. The van der Waals surface area contributed by atoms with Gasteiger partial charge in [0.05, 0.1) is 6.20 Å². The van der Waals surface area contributed by atoms with Crippen molar-refractivity contribution in [3.8, 4) is 5.75 Å². The van der Waals surface area contributed by atoms with Crippen molar-refractivity contribution in [1.29, 1.82) is 0 Å². The van der Waals surface area contributed by atoms with Crippen LogP contribution >= 0.6 is 0 Å². The number of H-pyrrole nitrogens is 1. The highest BCUT2D eigenvalue weighted by Gasteiger charge is 2.13. The van der Waals surface area contributed by atoms with Gasteiger partial charge in [0.25, 0.3) is 0 Å². The zero-order valence-electron chi connectivity index (χ0n) is 11.4. The molecule has 4 heteroatoms. The molecule has 0 radical (unpaired) electrons. The number of aryl methyl sites for hydroxylation is 1. The molecule has 0 unspecified atom stereocenters. The Hall–Kier alpha value is -2.10. The zero-order valence-corrected chi connectivity index (χ0v) is 11.4. The van der Waals surface area contributed by atoms with Crippen LogP contribution < -0.4 is 4.74 Å². The SMILES string of the molecule is Cc1[nH]ncc1C(=O)Oc1ccc(CC(C)C)cc1. The standard InChI is InChI=1S/C15H18N2O2/c1-10(2)8-12-4-6-13(7-5-12)19-15(18)14-9-16-17-11(14)3/h4-7,9-10H,8H2,1-3H3,(H,16,17). The van der Waals surface area contributed by atoms with Gasteiger partial charge in [-0.1, -0.05) is 26.0 Å². The molecule has 0 atom stereocenters. The Morgan fingerprint density at radius 2 is 2.00 bits per heavy atom. The second-order valence-corrected chi connectivity index (χ2v) is 5.04. The summed E-state index contributed by atoms with van der Waals surface area (Å²) in [6.45, 7) is 6.14. The molecule has 4 nitrogen and oxygen atoms in total. The van der Waals surface area contributed by atoms with E-state index in [9.17, 15) is 4.79 Å². The van der Waals surface area contributed by atoms with E-state index in [4.69, 9.17) is 4.74 Å². The fraction of sp³-hybridized carbons (Fsp3) is 0.333. The van der Waals surface area contributed by atoms with E-state index in [1.807, 2.05) is 24.3 Å². The summed E-state index contributed by atoms with van der Waals surface area (Å²) in [5.41, 5.74) is 2.42. The summed E-state index contributed by atoms with van der Waals surface area (Å²) in [4.78, 5) is 11.9. The maximum Gasteiger partial charge on any atom is 0.347 e. The van der Waals surface area contributed by atoms with E-state index in [0.717, 1.165) is 6.42 Å². The first kappa shape index (κ1) is 13.3. The van der Waals surface area contributed by atoms with E-state index >= 15 is 0 Å². The minimum Gasteiger partial charge on any atom is -0.423 e. The molecule has 1 heterocycles. The van der Waals surface area contributed by atoms with E-state index in [2.05, 4.69) is 24.0 Å². The van der Waals surface area contributed by atoms with Crippen molar-refractivity contribution in [2.24, 2.45) is 5.92 Å². The van der Waals surface area contributed by atoms with Crippen molar-refractivity contribution in [2.75, 3.05) is 0 Å². The Morgan fingerprint density at radius 3 is 2.53 bits per heavy atom. The Morgan fingerprint density at radius 1 is 1.32 bits per heavy atom. The summed E-state index contributed by atoms with van der Waals surface area (Å²) in [6.07, 6.45) is 2.50. The average molecular weight is 258 g/mol. The lowest BCUT2D eigenvalue weighted by Crippen LogP contribution is -2.09. The number of hydrogen-bond acceptors (Lipinski definition) is 3. The molecule has 0 fully saturated rings. The number of rotatable bonds is 4. The van der Waals surface area contributed by atoms with Gasteiger partial charge >= 0.3 is 5.97 Å². The molecule has 0 spiro atoms. The third kappa shape index (κ3) is 3.44. The molecule has 0 aliphatic carbocycles. The molecule has 19 heavy (non-hydrogen) atoms. The van der Waals surface area contributed by atoms with Gasteiger partial charge < -0.3 is 4.74 Å². The van der Waals surface area contributed by atoms with E-state index in [-0.39, 0.29) is 5.97 Å². The summed E-state index contributed by atoms with van der Waals surface area (Å²) in [7, 11) is 0. The molecule has 0 amide bonds. The quantitative estimate of drug-likeness (QED) is 0.677. The molecule has 0 aliphatic rings. The topological polar surface area (TPSA) is 55.0 Å². The predicted molar refractivity (Wildman–Crippen MR) is 73.3 cm³/mol. The lowest BCUT2D eigenvalue weighted by Gasteiger charge is -2.07. The minimum atomic E-state index is -0.386. The normalized spacial score (nSPS) is 10.7. The molecular formula is C15H18N2O2. The number of aromatic amines is 1. The number of nitrogens with zero attached hydrogens (tertiary/aromatic N) is 1. The fourth-order valence-electron chi connectivity index (χ4n) is 1.88. The van der Waals surface area contributed by atoms with E-state index < -0.39 is 0 Å². The number of nitrogens with one attached hydrogen (secondary N) is 1. The maximum atomic E-state index is 11.9. The molecular weight excluding hydrogens is 240 g/mol. The molecule has 2 rings (SSSR count). The highest BCUT2D eigenvalue weighted by molar-refractivity contribution is 5.91. The van der Waals surface area contributed by atoms with Crippen molar-refractivity contribution in [2.45, 2.75) is 27.2 Å².